The molecule has 1 aliphatic heterocycles. The van der Waals surface area contributed by atoms with Gasteiger partial charge in [-0.15, -0.1) is 0 Å². The molecule has 0 radical (unpaired) electrons. The normalized spacial score (nSPS) is 21.8. The van der Waals surface area contributed by atoms with E-state index in [4.69, 9.17) is 10.4 Å². The van der Waals surface area contributed by atoms with Crippen LogP contribution in [0.5, 0.6) is 0 Å². The van der Waals surface area contributed by atoms with Gasteiger partial charge in [-0.25, -0.2) is 0 Å². The largest absolute Gasteiger partial charge is 0.396 e. The number of nitrogens with zero attached hydrogens (tertiary/aromatic N) is 3. The molecule has 4 heteroatoms. The molecule has 1 aliphatic rings. The molecule has 0 spiro atoms. The van der Waals surface area contributed by atoms with Gasteiger partial charge in [-0.05, 0) is 5.92 Å². The van der Waals surface area contributed by atoms with Gasteiger partial charge in [-0.2, -0.15) is 5.26 Å². The van der Waals surface area contributed by atoms with Crippen LogP contribution in [-0.4, -0.2) is 60.8 Å². The van der Waals surface area contributed by atoms with Gasteiger partial charge in [-0.1, -0.05) is 6.92 Å². The molecule has 80 valence electrons. The molecule has 1 unspecified atom stereocenters. The summed E-state index contributed by atoms with van der Waals surface area (Å²) in [5.74, 6) is 0.359. The minimum atomic E-state index is 0.262. The summed E-state index contributed by atoms with van der Waals surface area (Å²) in [6.07, 6.45) is 0. The van der Waals surface area contributed by atoms with Crippen molar-refractivity contribution in [3.8, 4) is 6.07 Å². The number of rotatable bonds is 4. The maximum Gasteiger partial charge on any atom is 0.0866 e. The third-order valence-electron chi connectivity index (χ3n) is 2.64. The van der Waals surface area contributed by atoms with Gasteiger partial charge < -0.3 is 10.0 Å². The molecule has 0 amide bonds. The molecule has 1 heterocycles. The maximum absolute atomic E-state index is 8.92. The van der Waals surface area contributed by atoms with Crippen LogP contribution in [0.15, 0.2) is 0 Å². The fourth-order valence-corrected chi connectivity index (χ4v) is 1.73. The van der Waals surface area contributed by atoms with Crippen molar-refractivity contribution >= 4 is 0 Å². The molecule has 1 atom stereocenters. The molecule has 1 rings (SSSR count). The number of aliphatic hydroxyl groups is 1. The van der Waals surface area contributed by atoms with Gasteiger partial charge in [0, 0.05) is 39.3 Å². The summed E-state index contributed by atoms with van der Waals surface area (Å²) in [4.78, 5) is 4.52. The highest BCUT2D eigenvalue weighted by molar-refractivity contribution is 4.81. The van der Waals surface area contributed by atoms with Crippen LogP contribution in [0, 0.1) is 17.2 Å². The molecule has 4 nitrogen and oxygen atoms in total. The summed E-state index contributed by atoms with van der Waals surface area (Å²) in [6.45, 7) is 7.83. The Morgan fingerprint density at radius 2 is 1.86 bits per heavy atom. The highest BCUT2D eigenvalue weighted by Gasteiger charge is 2.17. The second kappa shape index (κ2) is 5.97. The SMILES string of the molecule is CC(CO)CN1CCN(CC#N)CC1. The van der Waals surface area contributed by atoms with Gasteiger partial charge >= 0.3 is 0 Å². The third-order valence-corrected chi connectivity index (χ3v) is 2.64. The van der Waals surface area contributed by atoms with E-state index in [1.165, 1.54) is 0 Å². The molecule has 0 bridgehead atoms. The summed E-state index contributed by atoms with van der Waals surface area (Å²) in [6, 6.07) is 2.17. The van der Waals surface area contributed by atoms with Gasteiger partial charge in [0.25, 0.3) is 0 Å². The number of hydrogen-bond donors (Lipinski definition) is 1. The van der Waals surface area contributed by atoms with Crippen molar-refractivity contribution in [1.29, 1.82) is 5.26 Å². The summed E-state index contributed by atoms with van der Waals surface area (Å²) in [5, 5.41) is 17.5. The molecule has 1 fully saturated rings. The van der Waals surface area contributed by atoms with Crippen LogP contribution in [0.1, 0.15) is 6.92 Å². The first-order valence-electron chi connectivity index (χ1n) is 5.18. The topological polar surface area (TPSA) is 50.5 Å². The Balaban J connectivity index is 2.19. The van der Waals surface area contributed by atoms with Crippen LogP contribution in [0.3, 0.4) is 0 Å². The van der Waals surface area contributed by atoms with Gasteiger partial charge in [0.1, 0.15) is 0 Å². The van der Waals surface area contributed by atoms with Gasteiger partial charge in [0.15, 0.2) is 0 Å². The summed E-state index contributed by atoms with van der Waals surface area (Å²) in [7, 11) is 0. The van der Waals surface area contributed by atoms with E-state index in [0.29, 0.717) is 12.5 Å². The monoisotopic (exact) mass is 197 g/mol. The molecule has 1 saturated heterocycles. The molecular formula is C10H19N3O. The summed E-state index contributed by atoms with van der Waals surface area (Å²) < 4.78 is 0. The minimum absolute atomic E-state index is 0.262. The lowest BCUT2D eigenvalue weighted by atomic mass is 10.1. The standard InChI is InChI=1S/C10H19N3O/c1-10(9-14)8-13-6-4-12(3-2-11)5-7-13/h10,14H,3-9H2,1H3. The average molecular weight is 197 g/mol. The Bertz CT molecular complexity index is 194. The van der Waals surface area contributed by atoms with Crippen molar-refractivity contribution in [2.45, 2.75) is 6.92 Å². The van der Waals surface area contributed by atoms with Crippen molar-refractivity contribution < 1.29 is 5.11 Å². The molecular weight excluding hydrogens is 178 g/mol. The van der Waals surface area contributed by atoms with Crippen LogP contribution in [0.4, 0.5) is 0 Å². The molecule has 14 heavy (non-hydrogen) atoms. The van der Waals surface area contributed by atoms with Gasteiger partial charge in [-0.3, -0.25) is 4.90 Å². The Morgan fingerprint density at radius 3 is 2.36 bits per heavy atom. The number of hydrogen-bond acceptors (Lipinski definition) is 4. The molecule has 0 aromatic heterocycles. The summed E-state index contributed by atoms with van der Waals surface area (Å²) in [5.41, 5.74) is 0. The number of piperazine rings is 1. The molecule has 0 aromatic rings. The Kier molecular flexibility index (Phi) is 4.88. The van der Waals surface area contributed by atoms with Crippen molar-refractivity contribution in [2.75, 3.05) is 45.9 Å². The van der Waals surface area contributed by atoms with Crippen molar-refractivity contribution in [3.05, 3.63) is 0 Å². The Labute approximate surface area is 85.7 Å². The third kappa shape index (κ3) is 3.62. The zero-order valence-electron chi connectivity index (χ0n) is 8.82. The van der Waals surface area contributed by atoms with Crippen molar-refractivity contribution in [2.24, 2.45) is 5.92 Å². The molecule has 0 saturated carbocycles. The summed E-state index contributed by atoms with van der Waals surface area (Å²) >= 11 is 0. The second-order valence-electron chi connectivity index (χ2n) is 4.02. The minimum Gasteiger partial charge on any atom is -0.396 e. The fraction of sp³-hybridized carbons (Fsp3) is 0.900. The highest BCUT2D eigenvalue weighted by atomic mass is 16.3. The van der Waals surface area contributed by atoms with Crippen molar-refractivity contribution in [3.63, 3.8) is 0 Å². The maximum atomic E-state index is 8.92. The van der Waals surface area contributed by atoms with E-state index < -0.39 is 0 Å². The first-order valence-corrected chi connectivity index (χ1v) is 5.18. The van der Waals surface area contributed by atoms with E-state index in [-0.39, 0.29) is 6.61 Å². The first kappa shape index (κ1) is 11.4. The van der Waals surface area contributed by atoms with Crippen molar-refractivity contribution in [1.82, 2.24) is 9.80 Å². The van der Waals surface area contributed by atoms with Gasteiger partial charge in [0.2, 0.25) is 0 Å². The first-order chi connectivity index (χ1) is 6.76. The molecule has 0 aliphatic carbocycles. The van der Waals surface area contributed by atoms with Crippen LogP contribution in [-0.2, 0) is 0 Å². The van der Waals surface area contributed by atoms with Crippen LogP contribution in [0.2, 0.25) is 0 Å². The van der Waals surface area contributed by atoms with E-state index in [1.54, 1.807) is 0 Å². The van der Waals surface area contributed by atoms with Crippen LogP contribution < -0.4 is 0 Å². The zero-order valence-corrected chi connectivity index (χ0v) is 8.82. The van der Waals surface area contributed by atoms with E-state index in [0.717, 1.165) is 32.7 Å². The Hall–Kier alpha value is -0.630. The van der Waals surface area contributed by atoms with Crippen LogP contribution in [0.25, 0.3) is 0 Å². The fourth-order valence-electron chi connectivity index (χ4n) is 1.73. The quantitative estimate of drug-likeness (QED) is 0.632. The van der Waals surface area contributed by atoms with Crippen LogP contribution >= 0.6 is 0 Å². The number of aliphatic hydroxyl groups excluding tert-OH is 1. The van der Waals surface area contributed by atoms with E-state index in [1.807, 2.05) is 0 Å². The predicted molar refractivity (Wildman–Crippen MR) is 54.7 cm³/mol. The van der Waals surface area contributed by atoms with E-state index in [2.05, 4.69) is 22.8 Å². The lowest BCUT2D eigenvalue weighted by molar-refractivity contribution is 0.112. The highest BCUT2D eigenvalue weighted by Crippen LogP contribution is 2.04. The predicted octanol–water partition coefficient (Wildman–Crippen LogP) is -0.244. The lowest BCUT2D eigenvalue weighted by Gasteiger charge is -2.34. The Morgan fingerprint density at radius 1 is 1.29 bits per heavy atom. The second-order valence-corrected chi connectivity index (χ2v) is 4.02. The average Bonchev–Trinajstić information content (AvgIpc) is 2.21. The molecule has 1 N–H and O–H groups in total. The zero-order chi connectivity index (χ0) is 10.4. The van der Waals surface area contributed by atoms with Gasteiger partial charge in [0.05, 0.1) is 12.6 Å². The smallest absolute Gasteiger partial charge is 0.0866 e. The lowest BCUT2D eigenvalue weighted by Crippen LogP contribution is -2.47. The van der Waals surface area contributed by atoms with E-state index >= 15 is 0 Å². The number of nitriles is 1. The van der Waals surface area contributed by atoms with E-state index in [9.17, 15) is 0 Å². The molecule has 0 aromatic carbocycles.